The van der Waals surface area contributed by atoms with Gasteiger partial charge in [-0.2, -0.15) is 0 Å². The van der Waals surface area contributed by atoms with Crippen LogP contribution in [0.4, 0.5) is 0 Å². The molecule has 0 bridgehead atoms. The Morgan fingerprint density at radius 2 is 2.24 bits per heavy atom. The molecule has 0 fully saturated rings. The van der Waals surface area contributed by atoms with Crippen LogP contribution in [0, 0.1) is 0 Å². The van der Waals surface area contributed by atoms with Crippen molar-refractivity contribution < 1.29 is 20.1 Å². The Labute approximate surface area is 100 Å². The predicted octanol–water partition coefficient (Wildman–Crippen LogP) is 0.788. The first-order valence-electron chi connectivity index (χ1n) is 5.94. The number of rotatable bonds is 4. The molecule has 1 aliphatic rings. The Morgan fingerprint density at radius 1 is 1.41 bits per heavy atom. The van der Waals surface area contributed by atoms with Crippen LogP contribution in [0.5, 0.6) is 5.75 Å². The lowest BCUT2D eigenvalue weighted by Gasteiger charge is -2.24. The summed E-state index contributed by atoms with van der Waals surface area (Å²) in [5.41, 5.74) is 1.95. The van der Waals surface area contributed by atoms with Gasteiger partial charge in [0, 0.05) is 0 Å². The van der Waals surface area contributed by atoms with E-state index in [0.717, 1.165) is 30.4 Å². The van der Waals surface area contributed by atoms with Gasteiger partial charge >= 0.3 is 0 Å². The highest BCUT2D eigenvalue weighted by Gasteiger charge is 2.21. The highest BCUT2D eigenvalue weighted by atomic mass is 16.5. The highest BCUT2D eigenvalue weighted by Crippen LogP contribution is 2.35. The summed E-state index contributed by atoms with van der Waals surface area (Å²) in [5, 5.41) is 27.8. The van der Waals surface area contributed by atoms with E-state index in [2.05, 4.69) is 0 Å². The lowest BCUT2D eigenvalue weighted by Crippen LogP contribution is -2.22. The zero-order valence-electron chi connectivity index (χ0n) is 9.67. The van der Waals surface area contributed by atoms with E-state index in [1.165, 1.54) is 0 Å². The third-order valence-corrected chi connectivity index (χ3v) is 3.07. The van der Waals surface area contributed by atoms with E-state index in [-0.39, 0.29) is 13.2 Å². The molecule has 2 unspecified atom stereocenters. The van der Waals surface area contributed by atoms with Crippen LogP contribution < -0.4 is 4.74 Å². The van der Waals surface area contributed by atoms with Gasteiger partial charge in [-0.15, -0.1) is 0 Å². The maximum Gasteiger partial charge on any atom is 0.122 e. The van der Waals surface area contributed by atoms with Crippen molar-refractivity contribution in [1.82, 2.24) is 0 Å². The molecule has 1 aliphatic carbocycles. The van der Waals surface area contributed by atoms with Gasteiger partial charge in [-0.3, -0.25) is 0 Å². The average molecular weight is 238 g/mol. The minimum atomic E-state index is -0.862. The summed E-state index contributed by atoms with van der Waals surface area (Å²) in [6, 6.07) is 5.59. The Bertz CT molecular complexity index is 378. The number of aliphatic hydroxyl groups excluding tert-OH is 3. The SMILES string of the molecule is OCC(O)COc1cccc2c1CCCC2O. The molecule has 0 heterocycles. The zero-order chi connectivity index (χ0) is 12.3. The second kappa shape index (κ2) is 5.49. The molecule has 0 saturated heterocycles. The largest absolute Gasteiger partial charge is 0.491 e. The van der Waals surface area contributed by atoms with Gasteiger partial charge in [0.2, 0.25) is 0 Å². The maximum atomic E-state index is 9.86. The van der Waals surface area contributed by atoms with Gasteiger partial charge in [0.25, 0.3) is 0 Å². The molecule has 4 nitrogen and oxygen atoms in total. The van der Waals surface area contributed by atoms with E-state index in [4.69, 9.17) is 9.84 Å². The van der Waals surface area contributed by atoms with E-state index in [1.54, 1.807) is 0 Å². The summed E-state index contributed by atoms with van der Waals surface area (Å²) < 4.78 is 5.48. The van der Waals surface area contributed by atoms with Gasteiger partial charge in [-0.1, -0.05) is 12.1 Å². The van der Waals surface area contributed by atoms with Crippen LogP contribution in [-0.4, -0.2) is 34.6 Å². The molecule has 2 rings (SSSR count). The first-order chi connectivity index (χ1) is 8.22. The van der Waals surface area contributed by atoms with Crippen LogP contribution in [0.1, 0.15) is 30.1 Å². The molecule has 0 aromatic heterocycles. The summed E-state index contributed by atoms with van der Waals surface area (Å²) in [6.07, 6.45) is 1.34. The van der Waals surface area contributed by atoms with Crippen LogP contribution in [0.15, 0.2) is 18.2 Å². The number of aliphatic hydroxyl groups is 3. The third kappa shape index (κ3) is 2.77. The Kier molecular flexibility index (Phi) is 3.99. The van der Waals surface area contributed by atoms with E-state index < -0.39 is 12.2 Å². The average Bonchev–Trinajstić information content (AvgIpc) is 2.36. The van der Waals surface area contributed by atoms with Crippen molar-refractivity contribution in [2.75, 3.05) is 13.2 Å². The molecule has 4 heteroatoms. The van der Waals surface area contributed by atoms with Gasteiger partial charge in [0.05, 0.1) is 12.7 Å². The molecule has 1 aromatic rings. The molecule has 0 aliphatic heterocycles. The van der Waals surface area contributed by atoms with Crippen molar-refractivity contribution in [1.29, 1.82) is 0 Å². The van der Waals surface area contributed by atoms with Gasteiger partial charge in [-0.05, 0) is 36.5 Å². The summed E-state index contributed by atoms with van der Waals surface area (Å²) >= 11 is 0. The standard InChI is InChI=1S/C13H18O4/c14-7-9(15)8-17-13-6-2-3-10-11(13)4-1-5-12(10)16/h2-3,6,9,12,14-16H,1,4-5,7-8H2. The topological polar surface area (TPSA) is 69.9 Å². The zero-order valence-corrected chi connectivity index (χ0v) is 9.67. The first-order valence-corrected chi connectivity index (χ1v) is 5.94. The number of hydrogen-bond donors (Lipinski definition) is 3. The van der Waals surface area contributed by atoms with E-state index in [9.17, 15) is 10.2 Å². The van der Waals surface area contributed by atoms with Crippen molar-refractivity contribution in [3.8, 4) is 5.75 Å². The molecule has 1 aromatic carbocycles. The molecule has 0 amide bonds. The van der Waals surface area contributed by atoms with Crippen LogP contribution in [-0.2, 0) is 6.42 Å². The maximum absolute atomic E-state index is 9.86. The lowest BCUT2D eigenvalue weighted by atomic mass is 9.89. The number of ether oxygens (including phenoxy) is 1. The minimum absolute atomic E-state index is 0.0725. The highest BCUT2D eigenvalue weighted by molar-refractivity contribution is 5.42. The molecule has 2 atom stereocenters. The Balaban J connectivity index is 2.15. The number of hydrogen-bond acceptors (Lipinski definition) is 4. The number of fused-ring (bicyclic) bond motifs is 1. The molecule has 94 valence electrons. The molecular formula is C13H18O4. The Morgan fingerprint density at radius 3 is 3.00 bits per heavy atom. The molecule has 0 spiro atoms. The van der Waals surface area contributed by atoms with Crippen molar-refractivity contribution in [2.24, 2.45) is 0 Å². The second-order valence-corrected chi connectivity index (χ2v) is 4.38. The second-order valence-electron chi connectivity index (χ2n) is 4.38. The van der Waals surface area contributed by atoms with Gasteiger partial charge in [0.15, 0.2) is 0 Å². The summed E-state index contributed by atoms with van der Waals surface area (Å²) in [5.74, 6) is 0.703. The summed E-state index contributed by atoms with van der Waals surface area (Å²) in [7, 11) is 0. The fourth-order valence-corrected chi connectivity index (χ4v) is 2.16. The summed E-state index contributed by atoms with van der Waals surface area (Å²) in [6.45, 7) is -0.235. The smallest absolute Gasteiger partial charge is 0.122 e. The lowest BCUT2D eigenvalue weighted by molar-refractivity contribution is 0.0529. The van der Waals surface area contributed by atoms with E-state index in [1.807, 2.05) is 18.2 Å². The monoisotopic (exact) mass is 238 g/mol. The third-order valence-electron chi connectivity index (χ3n) is 3.07. The van der Waals surface area contributed by atoms with Gasteiger partial charge in [0.1, 0.15) is 18.5 Å². The van der Waals surface area contributed by atoms with Crippen molar-refractivity contribution >= 4 is 0 Å². The van der Waals surface area contributed by atoms with Crippen LogP contribution in [0.25, 0.3) is 0 Å². The van der Waals surface area contributed by atoms with Crippen molar-refractivity contribution in [3.63, 3.8) is 0 Å². The first kappa shape index (κ1) is 12.4. The van der Waals surface area contributed by atoms with E-state index >= 15 is 0 Å². The van der Waals surface area contributed by atoms with Crippen LogP contribution >= 0.6 is 0 Å². The molecule has 0 radical (unpaired) electrons. The molecule has 0 saturated carbocycles. The van der Waals surface area contributed by atoms with Crippen molar-refractivity contribution in [3.05, 3.63) is 29.3 Å². The number of benzene rings is 1. The predicted molar refractivity (Wildman–Crippen MR) is 62.9 cm³/mol. The fraction of sp³-hybridized carbons (Fsp3) is 0.538. The van der Waals surface area contributed by atoms with Gasteiger partial charge in [-0.25, -0.2) is 0 Å². The van der Waals surface area contributed by atoms with Crippen LogP contribution in [0.2, 0.25) is 0 Å². The minimum Gasteiger partial charge on any atom is -0.491 e. The fourth-order valence-electron chi connectivity index (χ4n) is 2.16. The normalized spacial score (nSPS) is 20.8. The summed E-state index contributed by atoms with van der Waals surface area (Å²) in [4.78, 5) is 0. The van der Waals surface area contributed by atoms with Gasteiger partial charge < -0.3 is 20.1 Å². The van der Waals surface area contributed by atoms with Crippen LogP contribution in [0.3, 0.4) is 0 Å². The van der Waals surface area contributed by atoms with Crippen molar-refractivity contribution in [2.45, 2.75) is 31.5 Å². The molecule has 3 N–H and O–H groups in total. The molecular weight excluding hydrogens is 220 g/mol. The molecule has 17 heavy (non-hydrogen) atoms. The van der Waals surface area contributed by atoms with E-state index in [0.29, 0.717) is 5.75 Å². The quantitative estimate of drug-likeness (QED) is 0.725. The Hall–Kier alpha value is -1.10.